The Hall–Kier alpha value is -4.34. The van der Waals surface area contributed by atoms with E-state index in [0.717, 1.165) is 5.56 Å². The van der Waals surface area contributed by atoms with E-state index < -0.39 is 58.9 Å². The molecule has 1 aliphatic carbocycles. The van der Waals surface area contributed by atoms with E-state index >= 15 is 0 Å². The van der Waals surface area contributed by atoms with E-state index in [0.29, 0.717) is 16.9 Å². The summed E-state index contributed by atoms with van der Waals surface area (Å²) in [5.74, 6) is -2.75. The maximum absolute atomic E-state index is 13.7. The third-order valence-electron chi connectivity index (χ3n) is 9.01. The molecule has 1 unspecified atom stereocenters. The van der Waals surface area contributed by atoms with Gasteiger partial charge >= 0.3 is 11.9 Å². The Labute approximate surface area is 283 Å². The Morgan fingerprint density at radius 3 is 2.21 bits per heavy atom. The molecule has 0 heterocycles. The zero-order valence-corrected chi connectivity index (χ0v) is 29.0. The van der Waals surface area contributed by atoms with Crippen LogP contribution in [0.4, 0.5) is 0 Å². The number of aliphatic hydroxyl groups excluding tert-OH is 1. The minimum absolute atomic E-state index is 0.0636. The zero-order chi connectivity index (χ0) is 35.8. The highest BCUT2D eigenvalue weighted by Gasteiger charge is 2.60. The van der Waals surface area contributed by atoms with Crippen molar-refractivity contribution >= 4 is 23.5 Å². The maximum atomic E-state index is 13.7. The molecule has 6 atom stereocenters. The molecule has 0 radical (unpaired) electrons. The molecule has 1 saturated carbocycles. The van der Waals surface area contributed by atoms with Crippen molar-refractivity contribution in [2.24, 2.45) is 17.3 Å². The molecule has 9 nitrogen and oxygen atoms in total. The van der Waals surface area contributed by atoms with Crippen LogP contribution >= 0.6 is 0 Å². The van der Waals surface area contributed by atoms with Crippen LogP contribution in [0.2, 0.25) is 0 Å². The van der Waals surface area contributed by atoms with E-state index in [1.807, 2.05) is 24.3 Å². The molecule has 258 valence electrons. The highest BCUT2D eigenvalue weighted by molar-refractivity contribution is 6.03. The Bertz CT molecular complexity index is 1520. The Kier molecular flexibility index (Phi) is 12.8. The number of aliphatic hydroxyl groups is 1. The Morgan fingerprint density at radius 2 is 1.67 bits per heavy atom. The van der Waals surface area contributed by atoms with Crippen molar-refractivity contribution in [3.63, 3.8) is 0 Å². The predicted molar refractivity (Wildman–Crippen MR) is 182 cm³/mol. The first-order valence-corrected chi connectivity index (χ1v) is 16.0. The molecule has 0 aromatic heterocycles. The van der Waals surface area contributed by atoms with E-state index in [4.69, 9.17) is 18.9 Å². The van der Waals surface area contributed by atoms with Gasteiger partial charge < -0.3 is 24.1 Å². The van der Waals surface area contributed by atoms with Gasteiger partial charge in [0, 0.05) is 19.8 Å². The van der Waals surface area contributed by atoms with Crippen molar-refractivity contribution in [2.45, 2.75) is 84.9 Å². The summed E-state index contributed by atoms with van der Waals surface area (Å²) in [5, 5.41) is 11.3. The first-order chi connectivity index (χ1) is 22.6. The van der Waals surface area contributed by atoms with Gasteiger partial charge in [-0.3, -0.25) is 14.4 Å². The Balaban J connectivity index is 1.89. The quantitative estimate of drug-likeness (QED) is 0.124. The van der Waals surface area contributed by atoms with Crippen molar-refractivity contribution < 1.29 is 43.2 Å². The third-order valence-corrected chi connectivity index (χ3v) is 9.01. The molecule has 48 heavy (non-hydrogen) atoms. The normalized spacial score (nSPS) is 22.2. The van der Waals surface area contributed by atoms with Crippen molar-refractivity contribution in [1.82, 2.24) is 0 Å². The molecule has 0 spiro atoms. The molecule has 0 amide bonds. The minimum atomic E-state index is -1.73. The van der Waals surface area contributed by atoms with Crippen molar-refractivity contribution in [2.75, 3.05) is 7.11 Å². The number of carbonyl (C=O) groups is 4. The number of hydrogen-bond donors (Lipinski definition) is 1. The van der Waals surface area contributed by atoms with Crippen LogP contribution in [-0.4, -0.2) is 59.6 Å². The fourth-order valence-electron chi connectivity index (χ4n) is 6.18. The van der Waals surface area contributed by atoms with Gasteiger partial charge in [0.1, 0.15) is 17.6 Å². The van der Waals surface area contributed by atoms with Crippen LogP contribution in [0.25, 0.3) is 0 Å². The molecule has 1 N–H and O–H groups in total. The topological polar surface area (TPSA) is 125 Å². The summed E-state index contributed by atoms with van der Waals surface area (Å²) >= 11 is 0. The van der Waals surface area contributed by atoms with E-state index in [1.165, 1.54) is 13.8 Å². The first-order valence-electron chi connectivity index (χ1n) is 16.0. The number of esters is 2. The van der Waals surface area contributed by atoms with Gasteiger partial charge in [0.25, 0.3) is 0 Å². The van der Waals surface area contributed by atoms with E-state index in [2.05, 4.69) is 13.2 Å². The molecule has 1 fully saturated rings. The second-order valence-electron chi connectivity index (χ2n) is 13.1. The maximum Gasteiger partial charge on any atom is 0.338 e. The van der Waals surface area contributed by atoms with Crippen LogP contribution in [0.15, 0.2) is 91.1 Å². The fraction of sp³-hybridized carbons (Fsp3) is 0.436. The number of Topliss-reactive ketones (excluding diaryl/α,β-unsaturated/α-hetero) is 2. The van der Waals surface area contributed by atoms with Crippen LogP contribution in [0.5, 0.6) is 5.75 Å². The number of benzene rings is 2. The van der Waals surface area contributed by atoms with E-state index in [1.54, 1.807) is 77.3 Å². The van der Waals surface area contributed by atoms with Crippen LogP contribution < -0.4 is 4.74 Å². The molecule has 2 aromatic rings. The molecular weight excluding hydrogens is 612 g/mol. The second-order valence-corrected chi connectivity index (χ2v) is 13.1. The van der Waals surface area contributed by atoms with Gasteiger partial charge in [-0.25, -0.2) is 4.79 Å². The van der Waals surface area contributed by atoms with Gasteiger partial charge in [-0.2, -0.15) is 0 Å². The number of ketones is 2. The van der Waals surface area contributed by atoms with Crippen LogP contribution in [0.1, 0.15) is 70.3 Å². The highest BCUT2D eigenvalue weighted by atomic mass is 16.6. The molecule has 2 aromatic carbocycles. The molecule has 9 heteroatoms. The lowest BCUT2D eigenvalue weighted by Crippen LogP contribution is -2.48. The number of methoxy groups -OCH3 is 1. The highest BCUT2D eigenvalue weighted by Crippen LogP contribution is 2.48. The Morgan fingerprint density at radius 1 is 1.04 bits per heavy atom. The van der Waals surface area contributed by atoms with Gasteiger partial charge in [0.05, 0.1) is 42.8 Å². The predicted octanol–water partition coefficient (Wildman–Crippen LogP) is 6.39. The lowest BCUT2D eigenvalue weighted by atomic mass is 9.78. The molecule has 1 aliphatic rings. The monoisotopic (exact) mass is 660 g/mol. The number of ether oxygens (including phenoxy) is 4. The standard InChI is InChI=1S/C39H48O9/c1-10-34(46-23-28-16-18-30(45-9)19-17-28)38(7,8)33(42)21-32(41)25(4)20-31-35(47-37(44)29-14-12-11-13-15-29)26(5)22-39(31,48-27(6)40)36(43)24(2)3/h10-20,26,31-32,34-35,41H,1-2,21-23H2,3-9H3/b25-20+/t26-,31-,32?,34-,35-,39+/m0/s1. The minimum Gasteiger partial charge on any atom is -0.497 e. The van der Waals surface area contributed by atoms with Crippen molar-refractivity contribution in [3.8, 4) is 5.75 Å². The molecule has 0 saturated heterocycles. The van der Waals surface area contributed by atoms with Crippen LogP contribution in [-0.2, 0) is 35.2 Å². The third kappa shape index (κ3) is 8.76. The van der Waals surface area contributed by atoms with Crippen LogP contribution in [0.3, 0.4) is 0 Å². The summed E-state index contributed by atoms with van der Waals surface area (Å²) in [6.07, 6.45) is 0.133. The average molecular weight is 661 g/mol. The molecule has 3 rings (SSSR count). The van der Waals surface area contributed by atoms with Gasteiger partial charge in [-0.05, 0) is 60.7 Å². The number of carbonyl (C=O) groups excluding carboxylic acids is 4. The summed E-state index contributed by atoms with van der Waals surface area (Å²) in [6, 6.07) is 15.8. The largest absolute Gasteiger partial charge is 0.497 e. The van der Waals surface area contributed by atoms with E-state index in [9.17, 15) is 24.3 Å². The van der Waals surface area contributed by atoms with Gasteiger partial charge in [-0.1, -0.05) is 69.8 Å². The van der Waals surface area contributed by atoms with Gasteiger partial charge in [-0.15, -0.1) is 6.58 Å². The lowest BCUT2D eigenvalue weighted by molar-refractivity contribution is -0.168. The summed E-state index contributed by atoms with van der Waals surface area (Å²) in [7, 11) is 1.59. The molecule has 0 bridgehead atoms. The summed E-state index contributed by atoms with van der Waals surface area (Å²) in [5.41, 5.74) is -1.07. The summed E-state index contributed by atoms with van der Waals surface area (Å²) in [4.78, 5) is 53.0. The SMILES string of the molecule is C=C[C@H](OCc1ccc(OC)cc1)C(C)(C)C(=O)CC(O)/C(C)=C/[C@H]1[C@@H](OC(=O)c2ccccc2)[C@@H](C)C[C@]1(OC(C)=O)C(=O)C(=C)C. The van der Waals surface area contributed by atoms with Crippen LogP contribution in [0, 0.1) is 17.3 Å². The van der Waals surface area contributed by atoms with Crippen molar-refractivity contribution in [1.29, 1.82) is 0 Å². The van der Waals surface area contributed by atoms with Gasteiger partial charge in [0.15, 0.2) is 5.60 Å². The summed E-state index contributed by atoms with van der Waals surface area (Å²) < 4.78 is 23.1. The van der Waals surface area contributed by atoms with E-state index in [-0.39, 0.29) is 30.8 Å². The fourth-order valence-corrected chi connectivity index (χ4v) is 6.18. The number of hydrogen-bond acceptors (Lipinski definition) is 9. The smallest absolute Gasteiger partial charge is 0.338 e. The first kappa shape index (κ1) is 38.1. The molecular formula is C39H48O9. The average Bonchev–Trinajstić information content (AvgIpc) is 3.30. The second kappa shape index (κ2) is 16.2. The summed E-state index contributed by atoms with van der Waals surface area (Å²) in [6.45, 7) is 17.5. The molecule has 0 aliphatic heterocycles. The van der Waals surface area contributed by atoms with Crippen molar-refractivity contribution in [3.05, 3.63) is 102 Å². The lowest BCUT2D eigenvalue weighted by Gasteiger charge is -2.34. The zero-order valence-electron chi connectivity index (χ0n) is 29.0. The van der Waals surface area contributed by atoms with Gasteiger partial charge in [0.2, 0.25) is 5.78 Å². The number of rotatable bonds is 16.